The van der Waals surface area contributed by atoms with E-state index < -0.39 is 17.3 Å². The van der Waals surface area contributed by atoms with Gasteiger partial charge in [-0.25, -0.2) is 4.39 Å². The maximum absolute atomic E-state index is 14.0. The number of carboxylic acids is 1. The van der Waals surface area contributed by atoms with E-state index in [0.717, 1.165) is 41.5 Å². The van der Waals surface area contributed by atoms with E-state index in [1.165, 1.54) is 17.8 Å². The van der Waals surface area contributed by atoms with Crippen LogP contribution in [0.2, 0.25) is 0 Å². The van der Waals surface area contributed by atoms with Crippen LogP contribution in [0.1, 0.15) is 75.8 Å². The number of methoxy groups -OCH3 is 1. The molecule has 3 atom stereocenters. The van der Waals surface area contributed by atoms with E-state index in [4.69, 9.17) is 9.47 Å². The monoisotopic (exact) mass is 519 g/mol. The quantitative estimate of drug-likeness (QED) is 0.333. The number of carboxylic acid groups (broad SMARTS) is 1. The Kier molecular flexibility index (Phi) is 7.93. The van der Waals surface area contributed by atoms with Crippen molar-refractivity contribution in [3.63, 3.8) is 0 Å². The van der Waals surface area contributed by atoms with Gasteiger partial charge in [0.25, 0.3) is 0 Å². The summed E-state index contributed by atoms with van der Waals surface area (Å²) in [7, 11) is 1.69. The minimum Gasteiger partial charge on any atom is -0.489 e. The summed E-state index contributed by atoms with van der Waals surface area (Å²) in [6.45, 7) is 10.5. The number of carbonyl (C=O) groups is 1. The average Bonchev–Trinajstić information content (AvgIpc) is 2.87. The molecule has 202 valence electrons. The Balaban J connectivity index is 1.66. The first-order chi connectivity index (χ1) is 17.9. The maximum atomic E-state index is 14.0. The standard InChI is InChI=1S/C32H38FNO4/c1-20(30(35)36)32(5)13-7-8-22-10-11-25(16-28(22)32)38-19-21-9-12-26(23-15-24(33)18-34-17-23)27(14-21)29(37-6)31(2,3)4/h9-12,14-18,20,29H,7-8,13,19H2,1-6H3,(H,35,36)/t20?,29-,32+/m1/s1. The zero-order valence-electron chi connectivity index (χ0n) is 23.2. The van der Waals surface area contributed by atoms with Crippen molar-refractivity contribution in [1.82, 2.24) is 4.98 Å². The SMILES string of the molecule is CO[C@H](c1cc(COc2ccc3c(c2)[C@](C)(C(C)C(=O)O)CCC3)ccc1-c1cncc(F)c1)C(C)(C)C. The third-order valence-corrected chi connectivity index (χ3v) is 8.01. The Morgan fingerprint density at radius 2 is 1.92 bits per heavy atom. The van der Waals surface area contributed by atoms with Crippen LogP contribution >= 0.6 is 0 Å². The van der Waals surface area contributed by atoms with Crippen LogP contribution in [-0.4, -0.2) is 23.2 Å². The largest absolute Gasteiger partial charge is 0.489 e. The number of rotatable bonds is 8. The highest BCUT2D eigenvalue weighted by Crippen LogP contribution is 2.44. The first-order valence-electron chi connectivity index (χ1n) is 13.2. The predicted molar refractivity (Wildman–Crippen MR) is 147 cm³/mol. The fourth-order valence-electron chi connectivity index (χ4n) is 5.75. The number of pyridine rings is 1. The average molecular weight is 520 g/mol. The zero-order valence-corrected chi connectivity index (χ0v) is 23.2. The molecule has 0 saturated carbocycles. The smallest absolute Gasteiger partial charge is 0.307 e. The Bertz CT molecular complexity index is 1320. The fourth-order valence-corrected chi connectivity index (χ4v) is 5.75. The lowest BCUT2D eigenvalue weighted by atomic mass is 9.64. The highest BCUT2D eigenvalue weighted by atomic mass is 19.1. The second kappa shape index (κ2) is 10.9. The fraction of sp³-hybridized carbons (Fsp3) is 0.438. The lowest BCUT2D eigenvalue weighted by molar-refractivity contribution is -0.143. The molecule has 3 aromatic rings. The topological polar surface area (TPSA) is 68.7 Å². The summed E-state index contributed by atoms with van der Waals surface area (Å²) >= 11 is 0. The molecule has 5 nitrogen and oxygen atoms in total. The second-order valence-electron chi connectivity index (χ2n) is 11.7. The van der Waals surface area contributed by atoms with E-state index in [0.29, 0.717) is 17.9 Å². The molecule has 0 fully saturated rings. The van der Waals surface area contributed by atoms with Gasteiger partial charge in [-0.3, -0.25) is 9.78 Å². The third-order valence-electron chi connectivity index (χ3n) is 8.01. The molecule has 0 spiro atoms. The molecule has 1 unspecified atom stereocenters. The molecule has 1 aliphatic carbocycles. The molecular formula is C32H38FNO4. The molecule has 0 radical (unpaired) electrons. The summed E-state index contributed by atoms with van der Waals surface area (Å²) in [6, 6.07) is 13.6. The maximum Gasteiger partial charge on any atom is 0.307 e. The molecule has 0 aliphatic heterocycles. The number of halogens is 1. The van der Waals surface area contributed by atoms with Crippen LogP contribution in [0.4, 0.5) is 4.39 Å². The summed E-state index contributed by atoms with van der Waals surface area (Å²) in [5, 5.41) is 9.75. The van der Waals surface area contributed by atoms with Crippen molar-refractivity contribution in [2.75, 3.05) is 7.11 Å². The molecule has 0 bridgehead atoms. The van der Waals surface area contributed by atoms with Crippen LogP contribution in [0.25, 0.3) is 11.1 Å². The van der Waals surface area contributed by atoms with Gasteiger partial charge < -0.3 is 14.6 Å². The molecule has 1 aliphatic rings. The van der Waals surface area contributed by atoms with Crippen molar-refractivity contribution in [3.05, 3.63) is 82.9 Å². The minimum absolute atomic E-state index is 0.201. The number of nitrogens with zero attached hydrogens (tertiary/aromatic N) is 1. The van der Waals surface area contributed by atoms with E-state index in [1.54, 1.807) is 20.2 Å². The summed E-state index contributed by atoms with van der Waals surface area (Å²) in [5.74, 6) is -0.942. The normalized spacial score (nSPS) is 18.9. The first-order valence-corrected chi connectivity index (χ1v) is 13.2. The molecule has 2 aromatic carbocycles. The van der Waals surface area contributed by atoms with Gasteiger partial charge in [-0.05, 0) is 76.8 Å². The van der Waals surface area contributed by atoms with E-state index in [-0.39, 0.29) is 17.3 Å². The number of hydrogen-bond acceptors (Lipinski definition) is 4. The van der Waals surface area contributed by atoms with Crippen molar-refractivity contribution >= 4 is 5.97 Å². The number of hydrogen-bond donors (Lipinski definition) is 1. The molecule has 6 heteroatoms. The van der Waals surface area contributed by atoms with E-state index in [9.17, 15) is 14.3 Å². The number of aromatic nitrogens is 1. The Hall–Kier alpha value is -3.25. The molecule has 0 saturated heterocycles. The van der Waals surface area contributed by atoms with Gasteiger partial charge in [0.05, 0.1) is 18.2 Å². The lowest BCUT2D eigenvalue weighted by Crippen LogP contribution is -2.38. The minimum atomic E-state index is -0.778. The highest BCUT2D eigenvalue weighted by Gasteiger charge is 2.40. The number of benzene rings is 2. The Labute approximate surface area is 225 Å². The summed E-state index contributed by atoms with van der Waals surface area (Å²) in [6.07, 6.45) is 5.39. The summed E-state index contributed by atoms with van der Waals surface area (Å²) < 4.78 is 26.2. The number of ether oxygens (including phenoxy) is 2. The van der Waals surface area contributed by atoms with Gasteiger partial charge in [0, 0.05) is 24.3 Å². The van der Waals surface area contributed by atoms with Gasteiger partial charge in [-0.15, -0.1) is 0 Å². The van der Waals surface area contributed by atoms with Gasteiger partial charge in [-0.2, -0.15) is 0 Å². The third kappa shape index (κ3) is 5.60. The van der Waals surface area contributed by atoms with Gasteiger partial charge in [-0.1, -0.05) is 52.8 Å². The van der Waals surface area contributed by atoms with Gasteiger partial charge in [0.1, 0.15) is 18.2 Å². The lowest BCUT2D eigenvalue weighted by Gasteiger charge is -2.39. The van der Waals surface area contributed by atoms with Crippen molar-refractivity contribution in [3.8, 4) is 16.9 Å². The van der Waals surface area contributed by atoms with Gasteiger partial charge in [0.2, 0.25) is 0 Å². The Morgan fingerprint density at radius 3 is 2.58 bits per heavy atom. The van der Waals surface area contributed by atoms with Crippen LogP contribution in [0.3, 0.4) is 0 Å². The highest BCUT2D eigenvalue weighted by molar-refractivity contribution is 5.72. The molecular weight excluding hydrogens is 481 g/mol. The van der Waals surface area contributed by atoms with Crippen molar-refractivity contribution < 1.29 is 23.8 Å². The molecule has 4 rings (SSSR count). The van der Waals surface area contributed by atoms with Gasteiger partial charge >= 0.3 is 5.97 Å². The van der Waals surface area contributed by atoms with Crippen LogP contribution in [0, 0.1) is 17.2 Å². The summed E-state index contributed by atoms with van der Waals surface area (Å²) in [4.78, 5) is 15.9. The van der Waals surface area contributed by atoms with Crippen LogP contribution in [0.5, 0.6) is 5.75 Å². The molecule has 1 heterocycles. The van der Waals surface area contributed by atoms with Crippen LogP contribution < -0.4 is 4.74 Å². The van der Waals surface area contributed by atoms with E-state index >= 15 is 0 Å². The molecule has 0 amide bonds. The predicted octanol–water partition coefficient (Wildman–Crippen LogP) is 7.52. The number of fused-ring (bicyclic) bond motifs is 1. The van der Waals surface area contributed by atoms with Crippen molar-refractivity contribution in [1.29, 1.82) is 0 Å². The van der Waals surface area contributed by atoms with Crippen LogP contribution in [-0.2, 0) is 28.0 Å². The van der Waals surface area contributed by atoms with Gasteiger partial charge in [0.15, 0.2) is 0 Å². The van der Waals surface area contributed by atoms with E-state index in [2.05, 4.69) is 44.8 Å². The van der Waals surface area contributed by atoms with E-state index in [1.807, 2.05) is 24.3 Å². The number of aryl methyl sites for hydroxylation is 1. The molecule has 1 aromatic heterocycles. The second-order valence-corrected chi connectivity index (χ2v) is 11.7. The first kappa shape index (κ1) is 27.8. The summed E-state index contributed by atoms with van der Waals surface area (Å²) in [5.41, 5.74) is 5.09. The Morgan fingerprint density at radius 1 is 1.16 bits per heavy atom. The number of aliphatic carboxylic acids is 1. The molecule has 38 heavy (non-hydrogen) atoms. The van der Waals surface area contributed by atoms with Crippen molar-refractivity contribution in [2.45, 2.75) is 72.0 Å². The zero-order chi connectivity index (χ0) is 27.7. The van der Waals surface area contributed by atoms with Crippen molar-refractivity contribution in [2.24, 2.45) is 11.3 Å². The van der Waals surface area contributed by atoms with Crippen LogP contribution in [0.15, 0.2) is 54.9 Å². The molecule has 1 N–H and O–H groups in total.